The van der Waals surface area contributed by atoms with Crippen molar-refractivity contribution in [1.82, 2.24) is 35.4 Å². The third-order valence-corrected chi connectivity index (χ3v) is 9.48. The predicted molar refractivity (Wildman–Crippen MR) is 162 cm³/mol. The first-order valence-electron chi connectivity index (χ1n) is 14.6. The molecule has 2 amide bonds. The number of amides is 2. The van der Waals surface area contributed by atoms with Crippen LogP contribution in [0.1, 0.15) is 74.8 Å². The Kier molecular flexibility index (Phi) is 8.20. The van der Waals surface area contributed by atoms with Gasteiger partial charge < -0.3 is 21.1 Å². The molecule has 0 saturated heterocycles. The normalized spacial score (nSPS) is 22.0. The number of nitrogens with zero attached hydrogens (tertiary/aromatic N) is 6. The summed E-state index contributed by atoms with van der Waals surface area (Å²) < 4.78 is 1.77. The smallest absolute Gasteiger partial charge is 0.404 e. The third-order valence-electron chi connectivity index (χ3n) is 8.37. The zero-order valence-electron chi connectivity index (χ0n) is 23.8. The van der Waals surface area contributed by atoms with Crippen molar-refractivity contribution < 1.29 is 14.7 Å². The van der Waals surface area contributed by atoms with Crippen molar-refractivity contribution in [1.29, 1.82) is 5.26 Å². The summed E-state index contributed by atoms with van der Waals surface area (Å²) in [5.74, 6) is 0.327. The lowest BCUT2D eigenvalue weighted by atomic mass is 9.86. The summed E-state index contributed by atoms with van der Waals surface area (Å²) in [6.45, 7) is 1.56. The van der Waals surface area contributed by atoms with Crippen molar-refractivity contribution in [3.8, 4) is 28.0 Å². The van der Waals surface area contributed by atoms with Gasteiger partial charge >= 0.3 is 6.09 Å². The lowest BCUT2D eigenvalue weighted by molar-refractivity contribution is -0.119. The van der Waals surface area contributed by atoms with Gasteiger partial charge in [0, 0.05) is 42.9 Å². The van der Waals surface area contributed by atoms with E-state index < -0.39 is 6.09 Å². The first-order chi connectivity index (χ1) is 20.9. The molecular weight excluding hydrogens is 566 g/mol. The van der Waals surface area contributed by atoms with Gasteiger partial charge in [0.05, 0.1) is 34.2 Å². The Morgan fingerprint density at radius 2 is 1.70 bits per heavy atom. The Hall–Kier alpha value is -4.57. The summed E-state index contributed by atoms with van der Waals surface area (Å²) in [5.41, 5.74) is 4.58. The molecular formula is C30H33N9O3S. The van der Waals surface area contributed by atoms with E-state index in [0.29, 0.717) is 11.5 Å². The van der Waals surface area contributed by atoms with Gasteiger partial charge in [-0.1, -0.05) is 11.3 Å². The van der Waals surface area contributed by atoms with Crippen LogP contribution >= 0.6 is 11.3 Å². The maximum atomic E-state index is 11.5. The Morgan fingerprint density at radius 1 is 0.977 bits per heavy atom. The first-order valence-corrected chi connectivity index (χ1v) is 15.4. The van der Waals surface area contributed by atoms with Gasteiger partial charge in [-0.05, 0) is 75.6 Å². The van der Waals surface area contributed by atoms with Gasteiger partial charge in [-0.2, -0.15) is 10.4 Å². The van der Waals surface area contributed by atoms with Crippen LogP contribution in [-0.4, -0.2) is 60.0 Å². The second kappa shape index (κ2) is 12.3. The van der Waals surface area contributed by atoms with E-state index >= 15 is 0 Å². The SMILES string of the molecule is CC(=O)NC1CCC(c2nnc(-c3cnc(-c4ccc5cc(C#N)cnn45)cc3NC3CCC(NC(=O)O)CC3)s2)CC1. The zero-order valence-corrected chi connectivity index (χ0v) is 24.6. The van der Waals surface area contributed by atoms with Gasteiger partial charge in [0.15, 0.2) is 5.01 Å². The summed E-state index contributed by atoms with van der Waals surface area (Å²) >= 11 is 1.59. The largest absolute Gasteiger partial charge is 0.465 e. The number of anilines is 1. The molecule has 2 aliphatic carbocycles. The number of nitriles is 1. The molecule has 0 radical (unpaired) electrons. The zero-order chi connectivity index (χ0) is 29.9. The van der Waals surface area contributed by atoms with E-state index in [0.717, 1.165) is 89.5 Å². The average molecular weight is 600 g/mol. The van der Waals surface area contributed by atoms with Crippen molar-refractivity contribution >= 4 is 34.5 Å². The van der Waals surface area contributed by atoms with Gasteiger partial charge in [0.25, 0.3) is 0 Å². The van der Waals surface area contributed by atoms with Crippen molar-refractivity contribution in [2.24, 2.45) is 0 Å². The highest BCUT2D eigenvalue weighted by Crippen LogP contribution is 2.39. The predicted octanol–water partition coefficient (Wildman–Crippen LogP) is 4.94. The Balaban J connectivity index is 1.27. The molecule has 0 spiro atoms. The average Bonchev–Trinajstić information content (AvgIpc) is 3.65. The van der Waals surface area contributed by atoms with Crippen LogP contribution in [0.4, 0.5) is 10.5 Å². The van der Waals surface area contributed by atoms with Gasteiger partial charge in [-0.15, -0.1) is 10.2 Å². The van der Waals surface area contributed by atoms with E-state index in [1.54, 1.807) is 35.0 Å². The molecule has 0 bridgehead atoms. The highest BCUT2D eigenvalue weighted by atomic mass is 32.1. The molecule has 4 heterocycles. The van der Waals surface area contributed by atoms with Crippen LogP contribution < -0.4 is 16.0 Å². The molecule has 0 unspecified atom stereocenters. The number of fused-ring (bicyclic) bond motifs is 1. The van der Waals surface area contributed by atoms with Crippen molar-refractivity contribution in [3.63, 3.8) is 0 Å². The minimum atomic E-state index is -0.983. The minimum absolute atomic E-state index is 0.0140. The molecule has 6 rings (SSSR count). The number of carboxylic acid groups (broad SMARTS) is 1. The van der Waals surface area contributed by atoms with Crippen LogP contribution in [-0.2, 0) is 4.79 Å². The fraction of sp³-hybridized carbons (Fsp3) is 0.433. The maximum Gasteiger partial charge on any atom is 0.404 e. The van der Waals surface area contributed by atoms with Crippen LogP contribution in [0.5, 0.6) is 0 Å². The number of nitrogens with one attached hydrogen (secondary N) is 3. The van der Waals surface area contributed by atoms with Crippen LogP contribution in [0, 0.1) is 11.3 Å². The summed E-state index contributed by atoms with van der Waals surface area (Å²) in [7, 11) is 0. The second-order valence-electron chi connectivity index (χ2n) is 11.4. The van der Waals surface area contributed by atoms with E-state index in [2.05, 4.69) is 37.3 Å². The van der Waals surface area contributed by atoms with Crippen LogP contribution in [0.25, 0.3) is 27.5 Å². The topological polar surface area (TPSA) is 170 Å². The highest BCUT2D eigenvalue weighted by Gasteiger charge is 2.27. The van der Waals surface area contributed by atoms with Crippen molar-refractivity contribution in [3.05, 3.63) is 47.2 Å². The number of pyridine rings is 1. The molecule has 13 heteroatoms. The van der Waals surface area contributed by atoms with Gasteiger partial charge in [-0.3, -0.25) is 9.78 Å². The molecule has 0 aliphatic heterocycles. The van der Waals surface area contributed by atoms with E-state index in [-0.39, 0.29) is 24.0 Å². The number of hydrogen-bond donors (Lipinski definition) is 4. The number of carbonyl (C=O) groups is 2. The van der Waals surface area contributed by atoms with Gasteiger partial charge in [-0.25, -0.2) is 9.31 Å². The molecule has 2 aliphatic rings. The van der Waals surface area contributed by atoms with E-state index in [9.17, 15) is 14.9 Å². The number of rotatable bonds is 7. The molecule has 43 heavy (non-hydrogen) atoms. The monoisotopic (exact) mass is 599 g/mol. The van der Waals surface area contributed by atoms with Crippen LogP contribution in [0.2, 0.25) is 0 Å². The maximum absolute atomic E-state index is 11.5. The summed E-state index contributed by atoms with van der Waals surface area (Å²) in [6, 6.07) is 10.1. The molecule has 2 saturated carbocycles. The second-order valence-corrected chi connectivity index (χ2v) is 12.4. The molecule has 4 aromatic rings. The molecule has 0 aromatic carbocycles. The van der Waals surface area contributed by atoms with Gasteiger partial charge in [0.1, 0.15) is 11.1 Å². The number of carbonyl (C=O) groups excluding carboxylic acids is 1. The molecule has 2 fully saturated rings. The van der Waals surface area contributed by atoms with Crippen LogP contribution in [0.3, 0.4) is 0 Å². The van der Waals surface area contributed by atoms with Gasteiger partial charge in [0.2, 0.25) is 5.91 Å². The lowest BCUT2D eigenvalue weighted by Crippen LogP contribution is -2.39. The highest BCUT2D eigenvalue weighted by molar-refractivity contribution is 7.14. The quantitative estimate of drug-likeness (QED) is 0.230. The molecule has 0 atom stereocenters. The molecule has 12 nitrogen and oxygen atoms in total. The summed E-state index contributed by atoms with van der Waals surface area (Å²) in [5, 5.41) is 43.1. The Morgan fingerprint density at radius 3 is 2.42 bits per heavy atom. The van der Waals surface area contributed by atoms with Crippen molar-refractivity contribution in [2.45, 2.75) is 82.3 Å². The fourth-order valence-electron chi connectivity index (χ4n) is 6.20. The van der Waals surface area contributed by atoms with Crippen LogP contribution in [0.15, 0.2) is 36.7 Å². The molecule has 222 valence electrons. The number of hydrogen-bond acceptors (Lipinski definition) is 9. The number of aromatic nitrogens is 5. The lowest BCUT2D eigenvalue weighted by Gasteiger charge is -2.30. The van der Waals surface area contributed by atoms with E-state index in [1.807, 2.05) is 24.4 Å². The third kappa shape index (κ3) is 6.44. The standard InChI is InChI=1S/C30H33N9O3S/c1-17(40)34-20-4-2-19(3-5-20)28-37-38-29(43-28)24-16-32-26(27-11-10-23-12-18(14-31)15-33-39(23)27)13-25(24)35-21-6-8-22(9-7-21)36-30(41)42/h10-13,15-16,19-22,36H,2-9H2,1H3,(H,32,35)(H,34,40)(H,41,42). The summed E-state index contributed by atoms with van der Waals surface area (Å²) in [4.78, 5) is 27.4. The fourth-order valence-corrected chi connectivity index (χ4v) is 7.23. The van der Waals surface area contributed by atoms with Crippen molar-refractivity contribution in [2.75, 3.05) is 5.32 Å². The molecule has 4 aromatic heterocycles. The Labute approximate surface area is 252 Å². The van der Waals surface area contributed by atoms with E-state index in [4.69, 9.17) is 10.1 Å². The summed E-state index contributed by atoms with van der Waals surface area (Å²) in [6.07, 6.45) is 9.33. The minimum Gasteiger partial charge on any atom is -0.465 e. The first kappa shape index (κ1) is 28.5. The Bertz CT molecular complexity index is 1680. The molecule has 4 N–H and O–H groups in total. The van der Waals surface area contributed by atoms with E-state index in [1.165, 1.54) is 0 Å².